The van der Waals surface area contributed by atoms with Crippen molar-refractivity contribution in [1.29, 1.82) is 0 Å². The highest BCUT2D eigenvalue weighted by molar-refractivity contribution is 5.91. The first kappa shape index (κ1) is 17.3. The number of piperazine rings is 1. The van der Waals surface area contributed by atoms with Crippen molar-refractivity contribution in [2.24, 2.45) is 0 Å². The van der Waals surface area contributed by atoms with Crippen LogP contribution in [0.4, 0.5) is 10.6 Å². The average Bonchev–Trinajstić information content (AvgIpc) is 2.96. The van der Waals surface area contributed by atoms with Crippen LogP contribution in [0.2, 0.25) is 0 Å². The maximum absolute atomic E-state index is 12.2. The van der Waals surface area contributed by atoms with Gasteiger partial charge < -0.3 is 15.0 Å². The van der Waals surface area contributed by atoms with E-state index in [1.165, 1.54) is 0 Å². The normalized spacial score (nSPS) is 15.7. The van der Waals surface area contributed by atoms with E-state index in [2.05, 4.69) is 10.4 Å². The van der Waals surface area contributed by atoms with Gasteiger partial charge in [-0.2, -0.15) is 5.10 Å². The predicted molar refractivity (Wildman–Crippen MR) is 86.3 cm³/mol. The molecule has 2 rings (SSSR count). The highest BCUT2D eigenvalue weighted by Gasteiger charge is 2.23. The van der Waals surface area contributed by atoms with Crippen LogP contribution in [0.5, 0.6) is 0 Å². The van der Waals surface area contributed by atoms with Crippen molar-refractivity contribution >= 4 is 17.8 Å². The number of ether oxygens (including phenoxy) is 1. The van der Waals surface area contributed by atoms with E-state index in [1.807, 2.05) is 18.7 Å². The van der Waals surface area contributed by atoms with Crippen molar-refractivity contribution < 1.29 is 14.3 Å². The molecule has 1 aliphatic rings. The number of anilines is 1. The van der Waals surface area contributed by atoms with Crippen LogP contribution in [0.3, 0.4) is 0 Å². The Morgan fingerprint density at radius 2 is 2.00 bits per heavy atom. The zero-order valence-electron chi connectivity index (χ0n) is 14.0. The zero-order valence-corrected chi connectivity index (χ0v) is 14.0. The minimum absolute atomic E-state index is 0.0722. The summed E-state index contributed by atoms with van der Waals surface area (Å²) in [5.74, 6) is 0.632. The molecule has 0 aromatic carbocycles. The van der Waals surface area contributed by atoms with E-state index in [1.54, 1.807) is 28.8 Å². The van der Waals surface area contributed by atoms with Gasteiger partial charge in [0, 0.05) is 38.3 Å². The molecule has 0 spiro atoms. The second-order valence-electron chi connectivity index (χ2n) is 5.77. The Morgan fingerprint density at radius 1 is 1.30 bits per heavy atom. The quantitative estimate of drug-likeness (QED) is 0.880. The monoisotopic (exact) mass is 323 g/mol. The van der Waals surface area contributed by atoms with Crippen molar-refractivity contribution in [2.45, 2.75) is 26.8 Å². The molecule has 1 aromatic heterocycles. The van der Waals surface area contributed by atoms with Gasteiger partial charge in [0.05, 0.1) is 19.3 Å². The van der Waals surface area contributed by atoms with Crippen LogP contribution in [-0.4, -0.2) is 70.9 Å². The van der Waals surface area contributed by atoms with E-state index in [0.29, 0.717) is 45.1 Å². The summed E-state index contributed by atoms with van der Waals surface area (Å²) in [6.07, 6.45) is 1.39. The smallest absolute Gasteiger partial charge is 0.409 e. The number of hydrogen-bond donors (Lipinski definition) is 1. The molecule has 0 bridgehead atoms. The van der Waals surface area contributed by atoms with Gasteiger partial charge in [-0.25, -0.2) is 9.48 Å². The maximum atomic E-state index is 12.2. The fraction of sp³-hybridized carbons (Fsp3) is 0.667. The standard InChI is InChI=1S/C15H25N5O3/c1-4-23-15(22)19-9-7-18(8-10-19)11-14(21)17-13-5-6-16-20(13)12(2)3/h5-6,12H,4,7-11H2,1-3H3,(H,17,21). The lowest BCUT2D eigenvalue weighted by Gasteiger charge is -2.33. The molecule has 1 aliphatic heterocycles. The Balaban J connectivity index is 1.79. The van der Waals surface area contributed by atoms with Crippen molar-refractivity contribution in [3.8, 4) is 0 Å². The fourth-order valence-corrected chi connectivity index (χ4v) is 2.51. The Hall–Kier alpha value is -2.09. The Kier molecular flexibility index (Phi) is 5.97. The van der Waals surface area contributed by atoms with E-state index >= 15 is 0 Å². The highest BCUT2D eigenvalue weighted by atomic mass is 16.6. The predicted octanol–water partition coefficient (Wildman–Crippen LogP) is 1.18. The van der Waals surface area contributed by atoms with Gasteiger partial charge in [0.15, 0.2) is 0 Å². The second-order valence-corrected chi connectivity index (χ2v) is 5.77. The Morgan fingerprint density at radius 3 is 2.61 bits per heavy atom. The molecule has 128 valence electrons. The average molecular weight is 323 g/mol. The molecular weight excluding hydrogens is 298 g/mol. The van der Waals surface area contributed by atoms with Crippen LogP contribution in [0.15, 0.2) is 12.3 Å². The van der Waals surface area contributed by atoms with Crippen molar-refractivity contribution in [3.05, 3.63) is 12.3 Å². The molecule has 1 aromatic rings. The number of aromatic nitrogens is 2. The third-order valence-corrected chi connectivity index (χ3v) is 3.69. The summed E-state index contributed by atoms with van der Waals surface area (Å²) in [6, 6.07) is 1.98. The van der Waals surface area contributed by atoms with Gasteiger partial charge in [0.2, 0.25) is 5.91 Å². The molecule has 0 saturated carbocycles. The number of amides is 2. The molecule has 1 saturated heterocycles. The summed E-state index contributed by atoms with van der Waals surface area (Å²) in [6.45, 7) is 8.98. The number of rotatable bonds is 5. The van der Waals surface area contributed by atoms with Crippen molar-refractivity contribution in [2.75, 3.05) is 44.6 Å². The van der Waals surface area contributed by atoms with Gasteiger partial charge in [0.25, 0.3) is 0 Å². The molecule has 23 heavy (non-hydrogen) atoms. The van der Waals surface area contributed by atoms with Gasteiger partial charge in [-0.1, -0.05) is 0 Å². The van der Waals surface area contributed by atoms with E-state index in [-0.39, 0.29) is 18.0 Å². The van der Waals surface area contributed by atoms with Crippen LogP contribution in [0.25, 0.3) is 0 Å². The fourth-order valence-electron chi connectivity index (χ4n) is 2.51. The third kappa shape index (κ3) is 4.69. The largest absolute Gasteiger partial charge is 0.450 e. The third-order valence-electron chi connectivity index (χ3n) is 3.69. The SMILES string of the molecule is CCOC(=O)N1CCN(CC(=O)Nc2ccnn2C(C)C)CC1. The summed E-state index contributed by atoms with van der Waals surface area (Å²) < 4.78 is 6.76. The first-order valence-electron chi connectivity index (χ1n) is 7.98. The first-order chi connectivity index (χ1) is 11.0. The van der Waals surface area contributed by atoms with E-state index in [4.69, 9.17) is 4.74 Å². The minimum atomic E-state index is -0.280. The molecule has 2 amide bonds. The van der Waals surface area contributed by atoms with E-state index < -0.39 is 0 Å². The summed E-state index contributed by atoms with van der Waals surface area (Å²) >= 11 is 0. The minimum Gasteiger partial charge on any atom is -0.450 e. The van der Waals surface area contributed by atoms with Crippen LogP contribution >= 0.6 is 0 Å². The van der Waals surface area contributed by atoms with Crippen LogP contribution < -0.4 is 5.32 Å². The van der Waals surface area contributed by atoms with Crippen molar-refractivity contribution in [3.63, 3.8) is 0 Å². The highest BCUT2D eigenvalue weighted by Crippen LogP contribution is 2.13. The molecule has 0 unspecified atom stereocenters. The van der Waals surface area contributed by atoms with Crippen LogP contribution in [-0.2, 0) is 9.53 Å². The van der Waals surface area contributed by atoms with E-state index in [9.17, 15) is 9.59 Å². The lowest BCUT2D eigenvalue weighted by atomic mass is 10.3. The molecular formula is C15H25N5O3. The van der Waals surface area contributed by atoms with Gasteiger partial charge in [-0.05, 0) is 20.8 Å². The molecule has 8 nitrogen and oxygen atoms in total. The van der Waals surface area contributed by atoms with Gasteiger partial charge in [-0.15, -0.1) is 0 Å². The van der Waals surface area contributed by atoms with E-state index in [0.717, 1.165) is 0 Å². The summed E-state index contributed by atoms with van der Waals surface area (Å²) in [7, 11) is 0. The maximum Gasteiger partial charge on any atom is 0.409 e. The van der Waals surface area contributed by atoms with Crippen LogP contribution in [0.1, 0.15) is 26.8 Å². The number of hydrogen-bond acceptors (Lipinski definition) is 5. The van der Waals surface area contributed by atoms with Gasteiger partial charge in [-0.3, -0.25) is 9.69 Å². The summed E-state index contributed by atoms with van der Waals surface area (Å²) in [5.41, 5.74) is 0. The summed E-state index contributed by atoms with van der Waals surface area (Å²) in [5, 5.41) is 7.08. The molecule has 1 fully saturated rings. The van der Waals surface area contributed by atoms with Gasteiger partial charge in [0.1, 0.15) is 5.82 Å². The zero-order chi connectivity index (χ0) is 16.8. The molecule has 0 aliphatic carbocycles. The Labute approximate surface area is 136 Å². The molecule has 0 radical (unpaired) electrons. The summed E-state index contributed by atoms with van der Waals surface area (Å²) in [4.78, 5) is 27.5. The molecule has 0 atom stereocenters. The Bertz CT molecular complexity index is 535. The first-order valence-corrected chi connectivity index (χ1v) is 7.98. The number of carbonyl (C=O) groups is 2. The number of nitrogens with one attached hydrogen (secondary N) is 1. The lowest BCUT2D eigenvalue weighted by Crippen LogP contribution is -2.50. The van der Waals surface area contributed by atoms with Gasteiger partial charge >= 0.3 is 6.09 Å². The second kappa shape index (κ2) is 7.96. The number of carbonyl (C=O) groups excluding carboxylic acids is 2. The lowest BCUT2D eigenvalue weighted by molar-refractivity contribution is -0.117. The molecule has 8 heteroatoms. The van der Waals surface area contributed by atoms with Crippen molar-refractivity contribution in [1.82, 2.24) is 19.6 Å². The number of nitrogens with zero attached hydrogens (tertiary/aromatic N) is 4. The topological polar surface area (TPSA) is 79.7 Å². The van der Waals surface area contributed by atoms with Crippen LogP contribution in [0, 0.1) is 0 Å². The molecule has 1 N–H and O–H groups in total. The molecule has 2 heterocycles.